The number of ether oxygens (including phenoxy) is 1. The molecule has 0 saturated carbocycles. The monoisotopic (exact) mass is 542 g/mol. The molecule has 1 saturated heterocycles. The fourth-order valence-electron chi connectivity index (χ4n) is 5.44. The molecular weight excluding hydrogens is 500 g/mol. The summed E-state index contributed by atoms with van der Waals surface area (Å²) in [7, 11) is 2.03. The summed E-state index contributed by atoms with van der Waals surface area (Å²) in [4.78, 5) is 22.2. The van der Waals surface area contributed by atoms with Gasteiger partial charge in [0, 0.05) is 49.4 Å². The van der Waals surface area contributed by atoms with Gasteiger partial charge in [0.25, 0.3) is 5.91 Å². The van der Waals surface area contributed by atoms with E-state index in [1.165, 1.54) is 37.9 Å². The van der Waals surface area contributed by atoms with Crippen LogP contribution in [0.5, 0.6) is 0 Å². The van der Waals surface area contributed by atoms with E-state index in [4.69, 9.17) is 9.72 Å². The van der Waals surface area contributed by atoms with Crippen molar-refractivity contribution in [2.24, 2.45) is 0 Å². The Bertz CT molecular complexity index is 1310. The number of carbonyl (C=O) groups is 1. The van der Waals surface area contributed by atoms with Crippen LogP contribution in [0.2, 0.25) is 0 Å². The van der Waals surface area contributed by atoms with E-state index >= 15 is 0 Å². The largest absolute Gasteiger partial charge is 0.378 e. The standard InChI is InChI=1S/C32H42N6O2/c1-4-25-8-10-26(11-9-25)29-23-34-30-31(36(3)17-18-38(29)30)35-27-12-13-28(24(2)22-27)32(39)33-14-20-40-21-19-37-15-6-5-7-16-37/h8-13,17-18,22-23,31,35H,4-7,14-16,19-21H2,1-3H3,(H,33,39). The summed E-state index contributed by atoms with van der Waals surface area (Å²) < 4.78 is 7.89. The van der Waals surface area contributed by atoms with Crippen LogP contribution in [0.25, 0.3) is 17.5 Å². The predicted molar refractivity (Wildman–Crippen MR) is 161 cm³/mol. The fourth-order valence-corrected chi connectivity index (χ4v) is 5.44. The molecule has 0 bridgehead atoms. The van der Waals surface area contributed by atoms with Gasteiger partial charge in [-0.05, 0) is 68.6 Å². The van der Waals surface area contributed by atoms with Crippen molar-refractivity contribution in [1.29, 1.82) is 0 Å². The first kappa shape index (κ1) is 27.9. The van der Waals surface area contributed by atoms with Crippen molar-refractivity contribution in [3.8, 4) is 11.3 Å². The summed E-state index contributed by atoms with van der Waals surface area (Å²) in [6.45, 7) is 9.20. The van der Waals surface area contributed by atoms with Crippen LogP contribution in [0, 0.1) is 6.92 Å². The van der Waals surface area contributed by atoms with Gasteiger partial charge in [0.15, 0.2) is 12.0 Å². The number of aromatic nitrogens is 2. The van der Waals surface area contributed by atoms with Gasteiger partial charge in [-0.2, -0.15) is 0 Å². The second-order valence-corrected chi connectivity index (χ2v) is 10.7. The number of carbonyl (C=O) groups excluding carboxylic acids is 1. The van der Waals surface area contributed by atoms with Gasteiger partial charge in [-0.25, -0.2) is 4.98 Å². The van der Waals surface area contributed by atoms with Crippen LogP contribution >= 0.6 is 0 Å². The van der Waals surface area contributed by atoms with Crippen LogP contribution in [-0.4, -0.2) is 71.7 Å². The molecule has 5 rings (SSSR count). The Labute approximate surface area is 238 Å². The van der Waals surface area contributed by atoms with Crippen molar-refractivity contribution in [3.05, 3.63) is 77.4 Å². The summed E-state index contributed by atoms with van der Waals surface area (Å²) in [5.41, 5.74) is 6.05. The highest BCUT2D eigenvalue weighted by atomic mass is 16.5. The third kappa shape index (κ3) is 6.57. The number of imidazole rings is 1. The van der Waals surface area contributed by atoms with Gasteiger partial charge in [0.2, 0.25) is 0 Å². The molecule has 1 amide bonds. The van der Waals surface area contributed by atoms with Gasteiger partial charge in [-0.3, -0.25) is 9.36 Å². The smallest absolute Gasteiger partial charge is 0.251 e. The molecule has 40 heavy (non-hydrogen) atoms. The lowest BCUT2D eigenvalue weighted by Gasteiger charge is -2.31. The predicted octanol–water partition coefficient (Wildman–Crippen LogP) is 5.14. The normalized spacial score (nSPS) is 17.1. The highest BCUT2D eigenvalue weighted by Gasteiger charge is 2.25. The third-order valence-corrected chi connectivity index (χ3v) is 7.89. The number of benzene rings is 2. The average Bonchev–Trinajstić information content (AvgIpc) is 3.41. The highest BCUT2D eigenvalue weighted by Crippen LogP contribution is 2.31. The minimum atomic E-state index is -0.144. The first-order chi connectivity index (χ1) is 19.5. The van der Waals surface area contributed by atoms with Crippen LogP contribution in [0.1, 0.15) is 59.7 Å². The molecule has 8 nitrogen and oxygen atoms in total. The highest BCUT2D eigenvalue weighted by molar-refractivity contribution is 5.96. The fraction of sp³-hybridized carbons (Fsp3) is 0.438. The summed E-state index contributed by atoms with van der Waals surface area (Å²) in [6.07, 6.45) is 10.8. The van der Waals surface area contributed by atoms with E-state index in [1.807, 2.05) is 38.4 Å². The number of nitrogens with one attached hydrogen (secondary N) is 2. The number of nitrogens with zero attached hydrogens (tertiary/aromatic N) is 4. The zero-order valence-corrected chi connectivity index (χ0v) is 24.0. The number of amides is 1. The Morgan fingerprint density at radius 2 is 1.85 bits per heavy atom. The number of anilines is 1. The number of hydrogen-bond donors (Lipinski definition) is 2. The molecule has 2 aliphatic rings. The van der Waals surface area contributed by atoms with E-state index in [-0.39, 0.29) is 12.1 Å². The maximum Gasteiger partial charge on any atom is 0.251 e. The molecule has 0 aliphatic carbocycles. The quantitative estimate of drug-likeness (QED) is 0.327. The number of hydrogen-bond acceptors (Lipinski definition) is 6. The minimum absolute atomic E-state index is 0.0734. The number of fused-ring (bicyclic) bond motifs is 1. The Hall–Kier alpha value is -3.62. The molecule has 8 heteroatoms. The lowest BCUT2D eigenvalue weighted by Crippen LogP contribution is -2.33. The Kier molecular flexibility index (Phi) is 9.19. The summed E-state index contributed by atoms with van der Waals surface area (Å²) in [5.74, 6) is 0.843. The minimum Gasteiger partial charge on any atom is -0.378 e. The molecule has 0 spiro atoms. The van der Waals surface area contributed by atoms with E-state index in [2.05, 4.69) is 68.6 Å². The van der Waals surface area contributed by atoms with Crippen LogP contribution < -0.4 is 10.6 Å². The second kappa shape index (κ2) is 13.2. The molecule has 2 aromatic carbocycles. The molecule has 212 valence electrons. The average molecular weight is 543 g/mol. The molecule has 3 aromatic rings. The lowest BCUT2D eigenvalue weighted by atomic mass is 10.1. The van der Waals surface area contributed by atoms with Crippen molar-refractivity contribution in [2.45, 2.75) is 45.7 Å². The lowest BCUT2D eigenvalue weighted by molar-refractivity contribution is 0.0856. The van der Waals surface area contributed by atoms with Crippen molar-refractivity contribution < 1.29 is 9.53 Å². The molecule has 1 atom stereocenters. The van der Waals surface area contributed by atoms with Crippen LogP contribution in [0.4, 0.5) is 5.69 Å². The number of piperidine rings is 1. The van der Waals surface area contributed by atoms with Crippen LogP contribution in [-0.2, 0) is 11.2 Å². The van der Waals surface area contributed by atoms with E-state index in [0.29, 0.717) is 25.3 Å². The second-order valence-electron chi connectivity index (χ2n) is 10.7. The maximum atomic E-state index is 12.8. The molecule has 1 unspecified atom stereocenters. The molecule has 3 heterocycles. The van der Waals surface area contributed by atoms with E-state index in [1.54, 1.807) is 0 Å². The molecule has 0 radical (unpaired) electrons. The van der Waals surface area contributed by atoms with Gasteiger partial charge in [-0.1, -0.05) is 37.6 Å². The van der Waals surface area contributed by atoms with Gasteiger partial charge in [0.05, 0.1) is 25.1 Å². The Balaban J connectivity index is 1.16. The van der Waals surface area contributed by atoms with E-state index in [0.717, 1.165) is 41.3 Å². The van der Waals surface area contributed by atoms with Crippen molar-refractivity contribution in [2.75, 3.05) is 51.8 Å². The number of rotatable bonds is 11. The Morgan fingerprint density at radius 3 is 2.60 bits per heavy atom. The van der Waals surface area contributed by atoms with Gasteiger partial charge < -0.3 is 25.2 Å². The van der Waals surface area contributed by atoms with Gasteiger partial charge in [0.1, 0.15) is 0 Å². The van der Waals surface area contributed by atoms with Gasteiger partial charge >= 0.3 is 0 Å². The Morgan fingerprint density at radius 1 is 1.05 bits per heavy atom. The van der Waals surface area contributed by atoms with Crippen molar-refractivity contribution in [3.63, 3.8) is 0 Å². The maximum absolute atomic E-state index is 12.8. The third-order valence-electron chi connectivity index (χ3n) is 7.89. The zero-order chi connectivity index (χ0) is 27.9. The molecule has 1 fully saturated rings. The zero-order valence-electron chi connectivity index (χ0n) is 24.0. The van der Waals surface area contributed by atoms with Crippen LogP contribution in [0.3, 0.4) is 0 Å². The molecular formula is C32H42N6O2. The number of likely N-dealkylation sites (tertiary alicyclic amines) is 1. The first-order valence-corrected chi connectivity index (χ1v) is 14.6. The van der Waals surface area contributed by atoms with Crippen LogP contribution in [0.15, 0.2) is 54.9 Å². The molecule has 2 N–H and O–H groups in total. The summed E-state index contributed by atoms with van der Waals surface area (Å²) in [6, 6.07) is 14.5. The first-order valence-electron chi connectivity index (χ1n) is 14.6. The number of aryl methyl sites for hydroxylation is 2. The summed E-state index contributed by atoms with van der Waals surface area (Å²) >= 11 is 0. The SMILES string of the molecule is CCc1ccc(-c2cnc3n2C=CN(C)C3Nc2ccc(C(=O)NCCOCCN3CCCCC3)c(C)c2)cc1. The van der Waals surface area contributed by atoms with Gasteiger partial charge in [-0.15, -0.1) is 0 Å². The van der Waals surface area contributed by atoms with E-state index in [9.17, 15) is 4.79 Å². The van der Waals surface area contributed by atoms with Crippen molar-refractivity contribution in [1.82, 2.24) is 24.7 Å². The molecule has 2 aliphatic heterocycles. The van der Waals surface area contributed by atoms with Crippen molar-refractivity contribution >= 4 is 17.8 Å². The molecule has 1 aromatic heterocycles. The summed E-state index contributed by atoms with van der Waals surface area (Å²) in [5, 5.41) is 6.60. The van der Waals surface area contributed by atoms with E-state index < -0.39 is 0 Å². The topological polar surface area (TPSA) is 74.7 Å².